The Kier molecular flexibility index (Phi) is 3.37. The van der Waals surface area contributed by atoms with E-state index in [1.165, 1.54) is 12.8 Å². The van der Waals surface area contributed by atoms with Crippen LogP contribution in [0.1, 0.15) is 30.3 Å². The third kappa shape index (κ3) is 2.72. The molecular weight excluding hydrogens is 288 g/mol. The van der Waals surface area contributed by atoms with Crippen molar-refractivity contribution in [3.05, 3.63) is 54.5 Å². The van der Waals surface area contributed by atoms with Crippen LogP contribution in [0.3, 0.4) is 0 Å². The molecule has 0 bridgehead atoms. The second-order valence-electron chi connectivity index (χ2n) is 6.09. The fraction of sp³-hybridized carbons (Fsp3) is 0.263. The van der Waals surface area contributed by atoms with Gasteiger partial charge in [-0.15, -0.1) is 0 Å². The van der Waals surface area contributed by atoms with Gasteiger partial charge >= 0.3 is 0 Å². The number of carbonyl (C=O) groups is 1. The molecule has 1 fully saturated rings. The van der Waals surface area contributed by atoms with E-state index in [2.05, 4.69) is 4.98 Å². The molecule has 0 atom stereocenters. The Morgan fingerprint density at radius 2 is 2.17 bits per heavy atom. The summed E-state index contributed by atoms with van der Waals surface area (Å²) in [5.74, 6) is 1.62. The first-order valence-corrected chi connectivity index (χ1v) is 7.92. The molecule has 2 heterocycles. The van der Waals surface area contributed by atoms with Gasteiger partial charge in [0.2, 0.25) is 0 Å². The van der Waals surface area contributed by atoms with Gasteiger partial charge in [0.15, 0.2) is 5.78 Å². The lowest BCUT2D eigenvalue weighted by Gasteiger charge is -2.07. The second-order valence-corrected chi connectivity index (χ2v) is 6.09. The van der Waals surface area contributed by atoms with Crippen molar-refractivity contribution < 1.29 is 9.53 Å². The molecule has 0 amide bonds. The Morgan fingerprint density at radius 3 is 2.96 bits per heavy atom. The van der Waals surface area contributed by atoms with Crippen LogP contribution in [0.4, 0.5) is 0 Å². The van der Waals surface area contributed by atoms with Gasteiger partial charge in [0.1, 0.15) is 11.4 Å². The zero-order valence-corrected chi connectivity index (χ0v) is 13.0. The number of rotatable bonds is 5. The fourth-order valence-corrected chi connectivity index (χ4v) is 2.77. The lowest BCUT2D eigenvalue weighted by molar-refractivity contribution is 0.101. The number of aromatic nitrogens is 2. The maximum Gasteiger partial charge on any atom is 0.176 e. The first-order chi connectivity index (χ1) is 11.2. The molecule has 4 heteroatoms. The third-order valence-electron chi connectivity index (χ3n) is 4.22. The summed E-state index contributed by atoms with van der Waals surface area (Å²) >= 11 is 0. The summed E-state index contributed by atoms with van der Waals surface area (Å²) in [5.41, 5.74) is 3.40. The van der Waals surface area contributed by atoms with Crippen molar-refractivity contribution in [1.82, 2.24) is 9.38 Å². The molecule has 0 N–H and O–H groups in total. The highest BCUT2D eigenvalue weighted by atomic mass is 16.5. The van der Waals surface area contributed by atoms with Gasteiger partial charge in [0.25, 0.3) is 0 Å². The lowest BCUT2D eigenvalue weighted by atomic mass is 10.1. The van der Waals surface area contributed by atoms with E-state index in [0.717, 1.165) is 35.0 Å². The van der Waals surface area contributed by atoms with Gasteiger partial charge in [-0.25, -0.2) is 4.98 Å². The summed E-state index contributed by atoms with van der Waals surface area (Å²) in [5, 5.41) is 0. The zero-order valence-electron chi connectivity index (χ0n) is 13.0. The minimum atomic E-state index is 0.0281. The van der Waals surface area contributed by atoms with Gasteiger partial charge in [-0.2, -0.15) is 0 Å². The number of fused-ring (bicyclic) bond motifs is 1. The summed E-state index contributed by atoms with van der Waals surface area (Å²) in [6.07, 6.45) is 6.16. The maximum atomic E-state index is 11.9. The molecule has 1 aliphatic rings. The Morgan fingerprint density at radius 1 is 1.30 bits per heavy atom. The molecule has 0 aliphatic heterocycles. The van der Waals surface area contributed by atoms with Gasteiger partial charge in [0.05, 0.1) is 12.3 Å². The molecule has 116 valence electrons. The number of carbonyl (C=O) groups excluding carboxylic acids is 1. The lowest BCUT2D eigenvalue weighted by Crippen LogP contribution is -1.98. The molecule has 0 saturated heterocycles. The molecule has 1 aliphatic carbocycles. The van der Waals surface area contributed by atoms with Crippen LogP contribution in [-0.2, 0) is 0 Å². The van der Waals surface area contributed by atoms with Gasteiger partial charge in [-0.3, -0.25) is 9.20 Å². The van der Waals surface area contributed by atoms with Crippen molar-refractivity contribution in [2.45, 2.75) is 19.8 Å². The Hall–Kier alpha value is -2.62. The average Bonchev–Trinajstić information content (AvgIpc) is 3.31. The normalized spacial score (nSPS) is 14.1. The number of ether oxygens (including phenoxy) is 1. The average molecular weight is 306 g/mol. The highest BCUT2D eigenvalue weighted by molar-refractivity contribution is 5.97. The van der Waals surface area contributed by atoms with Crippen molar-refractivity contribution in [3.63, 3.8) is 0 Å². The molecule has 2 aromatic heterocycles. The first kappa shape index (κ1) is 14.0. The Balaban J connectivity index is 1.76. The Bertz CT molecular complexity index is 878. The number of hydrogen-bond acceptors (Lipinski definition) is 3. The van der Waals surface area contributed by atoms with E-state index in [4.69, 9.17) is 4.74 Å². The number of nitrogens with zero attached hydrogens (tertiary/aromatic N) is 2. The molecule has 1 saturated carbocycles. The van der Waals surface area contributed by atoms with E-state index in [1.54, 1.807) is 13.1 Å². The van der Waals surface area contributed by atoms with E-state index in [1.807, 2.05) is 47.0 Å². The standard InChI is InChI=1S/C19H18N2O2/c1-13(22)18-11-17(19-20-8-3-9-21(18)19)15-4-2-5-16(10-15)23-12-14-6-7-14/h2-5,8-11,14H,6-7,12H2,1H3. The van der Waals surface area contributed by atoms with Crippen molar-refractivity contribution in [2.24, 2.45) is 5.92 Å². The molecule has 1 aromatic carbocycles. The van der Waals surface area contributed by atoms with Crippen molar-refractivity contribution >= 4 is 11.4 Å². The van der Waals surface area contributed by atoms with Crippen LogP contribution in [-0.4, -0.2) is 21.8 Å². The minimum absolute atomic E-state index is 0.0281. The van der Waals surface area contributed by atoms with E-state index in [9.17, 15) is 4.79 Å². The molecule has 0 spiro atoms. The molecule has 4 rings (SSSR count). The summed E-state index contributed by atoms with van der Waals surface area (Å²) in [6.45, 7) is 2.37. The highest BCUT2D eigenvalue weighted by Crippen LogP contribution is 2.32. The topological polar surface area (TPSA) is 43.6 Å². The van der Waals surface area contributed by atoms with Crippen LogP contribution < -0.4 is 4.74 Å². The number of hydrogen-bond donors (Lipinski definition) is 0. The van der Waals surface area contributed by atoms with E-state index < -0.39 is 0 Å². The molecule has 0 unspecified atom stereocenters. The number of benzene rings is 1. The summed E-state index contributed by atoms with van der Waals surface area (Å²) in [4.78, 5) is 16.3. The number of Topliss-reactive ketones (excluding diaryl/α,β-unsaturated/α-hetero) is 1. The second kappa shape index (κ2) is 5.54. The maximum absolute atomic E-state index is 11.9. The fourth-order valence-electron chi connectivity index (χ4n) is 2.77. The third-order valence-corrected chi connectivity index (χ3v) is 4.22. The van der Waals surface area contributed by atoms with Crippen LogP contribution in [0, 0.1) is 5.92 Å². The molecule has 4 nitrogen and oxygen atoms in total. The SMILES string of the molecule is CC(=O)c1cc(-c2cccc(OCC3CC3)c2)c2ncccn12. The van der Waals surface area contributed by atoms with Crippen LogP contribution in [0.25, 0.3) is 16.8 Å². The van der Waals surface area contributed by atoms with E-state index in [-0.39, 0.29) is 5.78 Å². The van der Waals surface area contributed by atoms with Crippen LogP contribution in [0.5, 0.6) is 5.75 Å². The van der Waals surface area contributed by atoms with Crippen LogP contribution >= 0.6 is 0 Å². The van der Waals surface area contributed by atoms with E-state index >= 15 is 0 Å². The largest absolute Gasteiger partial charge is 0.493 e. The number of ketones is 1. The van der Waals surface area contributed by atoms with Gasteiger partial charge < -0.3 is 4.74 Å². The van der Waals surface area contributed by atoms with Crippen LogP contribution in [0.15, 0.2) is 48.8 Å². The predicted molar refractivity (Wildman–Crippen MR) is 88.9 cm³/mol. The van der Waals surface area contributed by atoms with Crippen molar-refractivity contribution in [2.75, 3.05) is 6.61 Å². The van der Waals surface area contributed by atoms with Gasteiger partial charge in [0, 0.05) is 24.9 Å². The van der Waals surface area contributed by atoms with Crippen molar-refractivity contribution in [1.29, 1.82) is 0 Å². The predicted octanol–water partition coefficient (Wildman–Crippen LogP) is 3.99. The van der Waals surface area contributed by atoms with Gasteiger partial charge in [-0.1, -0.05) is 12.1 Å². The summed E-state index contributed by atoms with van der Waals surface area (Å²) in [7, 11) is 0. The van der Waals surface area contributed by atoms with E-state index in [0.29, 0.717) is 5.69 Å². The summed E-state index contributed by atoms with van der Waals surface area (Å²) < 4.78 is 7.71. The first-order valence-electron chi connectivity index (χ1n) is 7.92. The molecule has 3 aromatic rings. The van der Waals surface area contributed by atoms with Crippen LogP contribution in [0.2, 0.25) is 0 Å². The molecule has 0 radical (unpaired) electrons. The monoisotopic (exact) mass is 306 g/mol. The highest BCUT2D eigenvalue weighted by Gasteiger charge is 2.22. The van der Waals surface area contributed by atoms with Gasteiger partial charge in [-0.05, 0) is 48.6 Å². The molecule has 23 heavy (non-hydrogen) atoms. The minimum Gasteiger partial charge on any atom is -0.493 e. The Labute approximate surface area is 134 Å². The zero-order chi connectivity index (χ0) is 15.8. The van der Waals surface area contributed by atoms with Crippen molar-refractivity contribution in [3.8, 4) is 16.9 Å². The molecular formula is C19H18N2O2. The smallest absolute Gasteiger partial charge is 0.176 e. The summed E-state index contributed by atoms with van der Waals surface area (Å²) in [6, 6.07) is 11.7. The quantitative estimate of drug-likeness (QED) is 0.669.